The molecular formula is C45H84O6. The highest BCUT2D eigenvalue weighted by Gasteiger charge is 2.19. The summed E-state index contributed by atoms with van der Waals surface area (Å²) in [5, 5.41) is 0. The molecule has 51 heavy (non-hydrogen) atoms. The van der Waals surface area contributed by atoms with E-state index in [1.54, 1.807) is 0 Å². The molecule has 0 rings (SSSR count). The maximum Gasteiger partial charge on any atom is 0.306 e. The van der Waals surface area contributed by atoms with E-state index in [4.69, 9.17) is 14.2 Å². The van der Waals surface area contributed by atoms with E-state index < -0.39 is 6.10 Å². The Labute approximate surface area is 316 Å². The lowest BCUT2D eigenvalue weighted by atomic mass is 10.0. The SMILES string of the molecule is CCCCCCCC/C=C\CCCCCCCC(=O)OCC(COC(=O)CCCCCCCC)OC(=O)CCCCCCCCCCCCCC. The number of rotatable bonds is 40. The Kier molecular flexibility index (Phi) is 39.4. The van der Waals surface area contributed by atoms with E-state index in [0.29, 0.717) is 19.3 Å². The largest absolute Gasteiger partial charge is 0.462 e. The standard InChI is InChI=1S/C45H84O6/c1-4-7-10-13-16-18-20-22-23-24-26-27-29-32-35-38-44(47)50-41-42(40-49-43(46)37-34-31-15-12-9-6-3)51-45(48)39-36-33-30-28-25-21-19-17-14-11-8-5-2/h22-23,42H,4-21,24-41H2,1-3H3/b23-22-. The van der Waals surface area contributed by atoms with Gasteiger partial charge in [0.2, 0.25) is 0 Å². The van der Waals surface area contributed by atoms with Crippen molar-refractivity contribution >= 4 is 17.9 Å². The Morgan fingerprint density at radius 3 is 0.980 bits per heavy atom. The zero-order valence-electron chi connectivity index (χ0n) is 34.1. The van der Waals surface area contributed by atoms with Crippen molar-refractivity contribution in [3.8, 4) is 0 Å². The molecule has 0 radical (unpaired) electrons. The number of hydrogen-bond acceptors (Lipinski definition) is 6. The Balaban J connectivity index is 4.26. The van der Waals surface area contributed by atoms with Gasteiger partial charge in [-0.25, -0.2) is 0 Å². The van der Waals surface area contributed by atoms with Crippen molar-refractivity contribution in [3.63, 3.8) is 0 Å². The number of allylic oxidation sites excluding steroid dienone is 2. The molecule has 0 aromatic heterocycles. The van der Waals surface area contributed by atoms with Crippen molar-refractivity contribution in [2.45, 2.75) is 245 Å². The average molecular weight is 721 g/mol. The smallest absolute Gasteiger partial charge is 0.306 e. The fraction of sp³-hybridized carbons (Fsp3) is 0.889. The Morgan fingerprint density at radius 2 is 0.647 bits per heavy atom. The molecule has 0 aliphatic heterocycles. The number of unbranched alkanes of at least 4 members (excludes halogenated alkanes) is 27. The van der Waals surface area contributed by atoms with Crippen LogP contribution in [0.5, 0.6) is 0 Å². The normalized spacial score (nSPS) is 12.0. The molecule has 1 atom stereocenters. The van der Waals surface area contributed by atoms with Gasteiger partial charge in [-0.1, -0.05) is 187 Å². The third-order valence-electron chi connectivity index (χ3n) is 9.77. The first-order valence-electron chi connectivity index (χ1n) is 22.2. The van der Waals surface area contributed by atoms with Gasteiger partial charge in [-0.15, -0.1) is 0 Å². The highest BCUT2D eigenvalue weighted by Crippen LogP contribution is 2.14. The van der Waals surface area contributed by atoms with Crippen LogP contribution in [0.25, 0.3) is 0 Å². The Bertz CT molecular complexity index is 794. The van der Waals surface area contributed by atoms with Crippen LogP contribution in [0.3, 0.4) is 0 Å². The number of carbonyl (C=O) groups excluding carboxylic acids is 3. The summed E-state index contributed by atoms with van der Waals surface area (Å²) in [7, 11) is 0. The first-order chi connectivity index (χ1) is 25.0. The molecule has 0 bridgehead atoms. The van der Waals surface area contributed by atoms with Crippen LogP contribution in [0.4, 0.5) is 0 Å². The zero-order chi connectivity index (χ0) is 37.3. The molecular weight excluding hydrogens is 636 g/mol. The predicted octanol–water partition coefficient (Wildman–Crippen LogP) is 13.9. The third-order valence-corrected chi connectivity index (χ3v) is 9.77. The molecule has 0 saturated carbocycles. The van der Waals surface area contributed by atoms with Gasteiger partial charge in [-0.3, -0.25) is 14.4 Å². The maximum absolute atomic E-state index is 12.6. The van der Waals surface area contributed by atoms with Crippen LogP contribution in [0.15, 0.2) is 12.2 Å². The van der Waals surface area contributed by atoms with Crippen LogP contribution in [-0.4, -0.2) is 37.2 Å². The molecule has 0 heterocycles. The second-order valence-electron chi connectivity index (χ2n) is 15.0. The summed E-state index contributed by atoms with van der Waals surface area (Å²) >= 11 is 0. The lowest BCUT2D eigenvalue weighted by Crippen LogP contribution is -2.30. The fourth-order valence-electron chi connectivity index (χ4n) is 6.38. The van der Waals surface area contributed by atoms with E-state index in [9.17, 15) is 14.4 Å². The molecule has 0 aromatic carbocycles. The molecule has 6 nitrogen and oxygen atoms in total. The van der Waals surface area contributed by atoms with E-state index >= 15 is 0 Å². The van der Waals surface area contributed by atoms with Gasteiger partial charge in [0.05, 0.1) is 0 Å². The molecule has 0 fully saturated rings. The monoisotopic (exact) mass is 721 g/mol. The molecule has 0 amide bonds. The van der Waals surface area contributed by atoms with Gasteiger partial charge in [-0.2, -0.15) is 0 Å². The number of hydrogen-bond donors (Lipinski definition) is 0. The Morgan fingerprint density at radius 1 is 0.373 bits per heavy atom. The molecule has 0 N–H and O–H groups in total. The van der Waals surface area contributed by atoms with Gasteiger partial charge >= 0.3 is 17.9 Å². The van der Waals surface area contributed by atoms with Gasteiger partial charge in [0, 0.05) is 19.3 Å². The van der Waals surface area contributed by atoms with Gasteiger partial charge in [0.1, 0.15) is 13.2 Å². The van der Waals surface area contributed by atoms with E-state index in [1.165, 1.54) is 135 Å². The van der Waals surface area contributed by atoms with Crippen molar-refractivity contribution in [2.75, 3.05) is 13.2 Å². The van der Waals surface area contributed by atoms with E-state index in [1.807, 2.05) is 0 Å². The van der Waals surface area contributed by atoms with Crippen molar-refractivity contribution < 1.29 is 28.6 Å². The van der Waals surface area contributed by atoms with Crippen LogP contribution >= 0.6 is 0 Å². The lowest BCUT2D eigenvalue weighted by Gasteiger charge is -2.18. The van der Waals surface area contributed by atoms with Crippen LogP contribution in [0, 0.1) is 0 Å². The first kappa shape index (κ1) is 49.1. The molecule has 1 unspecified atom stereocenters. The summed E-state index contributed by atoms with van der Waals surface area (Å²) in [6.45, 7) is 6.57. The molecule has 0 aliphatic carbocycles. The summed E-state index contributed by atoms with van der Waals surface area (Å²) in [4.78, 5) is 37.5. The topological polar surface area (TPSA) is 78.9 Å². The van der Waals surface area contributed by atoms with Crippen LogP contribution in [-0.2, 0) is 28.6 Å². The van der Waals surface area contributed by atoms with Gasteiger partial charge < -0.3 is 14.2 Å². The second kappa shape index (κ2) is 40.9. The predicted molar refractivity (Wildman–Crippen MR) is 215 cm³/mol. The zero-order valence-corrected chi connectivity index (χ0v) is 34.1. The molecule has 6 heteroatoms. The van der Waals surface area contributed by atoms with Gasteiger partial charge in [-0.05, 0) is 44.9 Å². The highest BCUT2D eigenvalue weighted by atomic mass is 16.6. The maximum atomic E-state index is 12.6. The fourth-order valence-corrected chi connectivity index (χ4v) is 6.38. The minimum absolute atomic E-state index is 0.0699. The summed E-state index contributed by atoms with van der Waals surface area (Å²) in [6.07, 6.45) is 42.1. The van der Waals surface area contributed by atoms with Crippen molar-refractivity contribution in [2.24, 2.45) is 0 Å². The second-order valence-corrected chi connectivity index (χ2v) is 15.0. The minimum Gasteiger partial charge on any atom is -0.462 e. The first-order valence-corrected chi connectivity index (χ1v) is 22.2. The van der Waals surface area contributed by atoms with Gasteiger partial charge in [0.15, 0.2) is 6.10 Å². The third kappa shape index (κ3) is 39.2. The molecule has 0 spiro atoms. The molecule has 300 valence electrons. The number of ether oxygens (including phenoxy) is 3. The summed E-state index contributed by atoms with van der Waals surface area (Å²) in [6, 6.07) is 0. The molecule has 0 aliphatic rings. The number of esters is 3. The van der Waals surface area contributed by atoms with Crippen LogP contribution in [0.2, 0.25) is 0 Å². The van der Waals surface area contributed by atoms with Crippen LogP contribution in [0.1, 0.15) is 239 Å². The summed E-state index contributed by atoms with van der Waals surface area (Å²) in [5.74, 6) is -0.882. The Hall–Kier alpha value is -1.85. The summed E-state index contributed by atoms with van der Waals surface area (Å²) < 4.78 is 16.6. The van der Waals surface area contributed by atoms with Crippen molar-refractivity contribution in [3.05, 3.63) is 12.2 Å². The van der Waals surface area contributed by atoms with E-state index in [2.05, 4.69) is 32.9 Å². The van der Waals surface area contributed by atoms with Crippen LogP contribution < -0.4 is 0 Å². The van der Waals surface area contributed by atoms with E-state index in [0.717, 1.165) is 64.2 Å². The molecule has 0 aromatic rings. The van der Waals surface area contributed by atoms with Gasteiger partial charge in [0.25, 0.3) is 0 Å². The van der Waals surface area contributed by atoms with Crippen molar-refractivity contribution in [1.29, 1.82) is 0 Å². The molecule has 0 saturated heterocycles. The highest BCUT2D eigenvalue weighted by molar-refractivity contribution is 5.71. The lowest BCUT2D eigenvalue weighted by molar-refractivity contribution is -0.167. The van der Waals surface area contributed by atoms with Crippen molar-refractivity contribution in [1.82, 2.24) is 0 Å². The average Bonchev–Trinajstić information content (AvgIpc) is 3.13. The van der Waals surface area contributed by atoms with E-state index in [-0.39, 0.29) is 31.1 Å². The summed E-state index contributed by atoms with van der Waals surface area (Å²) in [5.41, 5.74) is 0. The quantitative estimate of drug-likeness (QED) is 0.0271. The number of carbonyl (C=O) groups is 3. The minimum atomic E-state index is -0.763.